The van der Waals surface area contributed by atoms with Crippen molar-refractivity contribution in [3.05, 3.63) is 25.3 Å². The predicted octanol–water partition coefficient (Wildman–Crippen LogP) is 1.03. The zero-order valence-corrected chi connectivity index (χ0v) is 7.94. The first kappa shape index (κ1) is 9.21. The molecule has 0 unspecified atom stereocenters. The van der Waals surface area contributed by atoms with Crippen molar-refractivity contribution in [1.82, 2.24) is 14.9 Å². The first-order valence-corrected chi connectivity index (χ1v) is 4.61. The third kappa shape index (κ3) is 3.02. The van der Waals surface area contributed by atoms with Crippen molar-refractivity contribution in [3.8, 4) is 0 Å². The van der Waals surface area contributed by atoms with Gasteiger partial charge in [0.15, 0.2) is 4.32 Å². The van der Waals surface area contributed by atoms with Gasteiger partial charge >= 0.3 is 0 Å². The minimum absolute atomic E-state index is 0.676. The van der Waals surface area contributed by atoms with Crippen LogP contribution in [0.1, 0.15) is 0 Å². The molecule has 0 aromatic carbocycles. The summed E-state index contributed by atoms with van der Waals surface area (Å²) in [4.78, 5) is 0. The van der Waals surface area contributed by atoms with Gasteiger partial charge in [-0.2, -0.15) is 0 Å². The third-order valence-electron chi connectivity index (χ3n) is 0.971. The molecule has 0 aliphatic heterocycles. The Bertz CT molecular complexity index is 257. The lowest BCUT2D eigenvalue weighted by atomic mass is 10.8. The minimum Gasteiger partial charge on any atom is -0.276 e. The second kappa shape index (κ2) is 4.89. The first-order chi connectivity index (χ1) is 5.83. The van der Waals surface area contributed by atoms with E-state index in [4.69, 9.17) is 12.2 Å². The molecule has 0 spiro atoms. The Kier molecular flexibility index (Phi) is 3.75. The molecule has 0 amide bonds. The monoisotopic (exact) mass is 200 g/mol. The number of thiocarbonyl (C=S) groups is 1. The van der Waals surface area contributed by atoms with Gasteiger partial charge in [-0.1, -0.05) is 30.1 Å². The highest BCUT2D eigenvalue weighted by Gasteiger charge is 1.94. The number of aromatic nitrogens is 3. The fourth-order valence-corrected chi connectivity index (χ4v) is 1.28. The first-order valence-electron chi connectivity index (χ1n) is 3.22. The van der Waals surface area contributed by atoms with Crippen molar-refractivity contribution < 1.29 is 0 Å². The standard InChI is InChI=1S/C6H8N4S2/c1-2-3-12-6(11)9-10-4-7-8-5-10/h2,4-5H,1,3H2,(H,9,11). The van der Waals surface area contributed by atoms with Gasteiger partial charge in [-0.25, -0.2) is 4.68 Å². The number of rotatable bonds is 3. The Labute approximate surface area is 80.0 Å². The molecule has 0 saturated heterocycles. The largest absolute Gasteiger partial charge is 0.276 e. The van der Waals surface area contributed by atoms with E-state index in [2.05, 4.69) is 22.2 Å². The molecule has 0 bridgehead atoms. The summed E-state index contributed by atoms with van der Waals surface area (Å²) in [7, 11) is 0. The van der Waals surface area contributed by atoms with Crippen LogP contribution in [-0.2, 0) is 0 Å². The Balaban J connectivity index is 2.32. The molecule has 0 fully saturated rings. The van der Waals surface area contributed by atoms with E-state index in [1.807, 2.05) is 0 Å². The lowest BCUT2D eigenvalue weighted by Crippen LogP contribution is -2.16. The number of nitrogens with zero attached hydrogens (tertiary/aromatic N) is 3. The van der Waals surface area contributed by atoms with Crippen LogP contribution in [0.4, 0.5) is 0 Å². The number of thioether (sulfide) groups is 1. The normalized spacial score (nSPS) is 9.33. The van der Waals surface area contributed by atoms with Crippen LogP contribution >= 0.6 is 24.0 Å². The second-order valence-corrected chi connectivity index (χ2v) is 3.57. The van der Waals surface area contributed by atoms with Gasteiger partial charge in [0.1, 0.15) is 12.7 Å². The highest BCUT2D eigenvalue weighted by atomic mass is 32.2. The fraction of sp³-hybridized carbons (Fsp3) is 0.167. The molecule has 0 radical (unpaired) electrons. The van der Waals surface area contributed by atoms with E-state index in [0.717, 1.165) is 5.75 Å². The topological polar surface area (TPSA) is 42.7 Å². The van der Waals surface area contributed by atoms with E-state index in [1.54, 1.807) is 23.4 Å². The molecule has 0 aliphatic carbocycles. The minimum atomic E-state index is 0.676. The maximum Gasteiger partial charge on any atom is 0.153 e. The maximum atomic E-state index is 5.00. The molecule has 4 nitrogen and oxygen atoms in total. The molecular formula is C6H8N4S2. The van der Waals surface area contributed by atoms with Crippen molar-refractivity contribution in [2.75, 3.05) is 11.2 Å². The van der Waals surface area contributed by atoms with Gasteiger partial charge in [0.05, 0.1) is 0 Å². The summed E-state index contributed by atoms with van der Waals surface area (Å²) < 4.78 is 2.27. The van der Waals surface area contributed by atoms with Crippen molar-refractivity contribution >= 4 is 28.3 Å². The van der Waals surface area contributed by atoms with Gasteiger partial charge in [-0.05, 0) is 0 Å². The number of nitrogens with one attached hydrogen (secondary N) is 1. The van der Waals surface area contributed by atoms with Crippen LogP contribution < -0.4 is 5.43 Å². The van der Waals surface area contributed by atoms with Gasteiger partial charge in [0, 0.05) is 5.75 Å². The van der Waals surface area contributed by atoms with Crippen LogP contribution in [0, 0.1) is 0 Å². The summed E-state index contributed by atoms with van der Waals surface area (Å²) in [5, 5.41) is 7.23. The van der Waals surface area contributed by atoms with Crippen LogP contribution in [0.3, 0.4) is 0 Å². The SMILES string of the molecule is C=CCSC(=S)Nn1cnnc1. The molecule has 1 rings (SSSR count). The Hall–Kier alpha value is -0.880. The van der Waals surface area contributed by atoms with Crippen LogP contribution in [0.5, 0.6) is 0 Å². The molecule has 0 aliphatic rings. The Morgan fingerprint density at radius 2 is 2.33 bits per heavy atom. The second-order valence-electron chi connectivity index (χ2n) is 1.87. The summed E-state index contributed by atoms with van der Waals surface area (Å²) in [5.74, 6) is 0.800. The maximum absolute atomic E-state index is 5.00. The smallest absolute Gasteiger partial charge is 0.153 e. The zero-order chi connectivity index (χ0) is 8.81. The summed E-state index contributed by atoms with van der Waals surface area (Å²) in [6.45, 7) is 3.59. The van der Waals surface area contributed by atoms with Crippen molar-refractivity contribution in [2.24, 2.45) is 0 Å². The highest BCUT2D eigenvalue weighted by molar-refractivity contribution is 8.23. The molecule has 6 heteroatoms. The summed E-state index contributed by atoms with van der Waals surface area (Å²) in [6.07, 6.45) is 4.88. The van der Waals surface area contributed by atoms with Crippen molar-refractivity contribution in [1.29, 1.82) is 0 Å². The van der Waals surface area contributed by atoms with Gasteiger partial charge in [-0.3, -0.25) is 5.43 Å². The van der Waals surface area contributed by atoms with E-state index < -0.39 is 0 Å². The lowest BCUT2D eigenvalue weighted by Gasteiger charge is -2.04. The van der Waals surface area contributed by atoms with Crippen LogP contribution in [0.2, 0.25) is 0 Å². The van der Waals surface area contributed by atoms with E-state index in [-0.39, 0.29) is 0 Å². The van der Waals surface area contributed by atoms with E-state index >= 15 is 0 Å². The van der Waals surface area contributed by atoms with Crippen molar-refractivity contribution in [3.63, 3.8) is 0 Å². The van der Waals surface area contributed by atoms with Gasteiger partial charge in [0.25, 0.3) is 0 Å². The number of hydrogen-bond donors (Lipinski definition) is 1. The van der Waals surface area contributed by atoms with Crippen LogP contribution in [0.15, 0.2) is 25.3 Å². The predicted molar refractivity (Wildman–Crippen MR) is 54.6 cm³/mol. The Morgan fingerprint density at radius 3 is 2.92 bits per heavy atom. The summed E-state index contributed by atoms with van der Waals surface area (Å²) in [5.41, 5.74) is 2.90. The van der Waals surface area contributed by atoms with Gasteiger partial charge < -0.3 is 0 Å². The van der Waals surface area contributed by atoms with Crippen molar-refractivity contribution in [2.45, 2.75) is 0 Å². The zero-order valence-electron chi connectivity index (χ0n) is 6.30. The summed E-state index contributed by atoms with van der Waals surface area (Å²) in [6, 6.07) is 0. The van der Waals surface area contributed by atoms with E-state index in [1.165, 1.54) is 11.8 Å². The fourth-order valence-electron chi connectivity index (χ4n) is 0.531. The molecule has 12 heavy (non-hydrogen) atoms. The average Bonchev–Trinajstić information content (AvgIpc) is 2.53. The molecule has 0 atom stereocenters. The van der Waals surface area contributed by atoms with Gasteiger partial charge in [0.2, 0.25) is 0 Å². The average molecular weight is 200 g/mol. The van der Waals surface area contributed by atoms with Gasteiger partial charge in [-0.15, -0.1) is 16.8 Å². The highest BCUT2D eigenvalue weighted by Crippen LogP contribution is 2.02. The molecular weight excluding hydrogens is 192 g/mol. The van der Waals surface area contributed by atoms with E-state index in [0.29, 0.717) is 4.32 Å². The number of hydrogen-bond acceptors (Lipinski definition) is 4. The molecule has 1 aromatic rings. The summed E-state index contributed by atoms with van der Waals surface area (Å²) >= 11 is 6.50. The molecule has 1 heterocycles. The molecule has 1 N–H and O–H groups in total. The van der Waals surface area contributed by atoms with E-state index in [9.17, 15) is 0 Å². The molecule has 1 aromatic heterocycles. The van der Waals surface area contributed by atoms with Crippen LogP contribution in [-0.4, -0.2) is 24.9 Å². The Morgan fingerprint density at radius 1 is 1.67 bits per heavy atom. The molecule has 64 valence electrons. The third-order valence-corrected chi connectivity index (χ3v) is 2.17. The van der Waals surface area contributed by atoms with Crippen LogP contribution in [0.25, 0.3) is 0 Å². The molecule has 0 saturated carbocycles. The lowest BCUT2D eigenvalue weighted by molar-refractivity contribution is 0.981. The quantitative estimate of drug-likeness (QED) is 0.583.